The zero-order valence-electron chi connectivity index (χ0n) is 6.66. The second kappa shape index (κ2) is 4.36. The average molecular weight is 157 g/mol. The van der Waals surface area contributed by atoms with E-state index in [1.807, 2.05) is 6.82 Å². The smallest absolute Gasteiger partial charge is 0.409 e. The number of hydrogen-bond donors (Lipinski definition) is 0. The number of amides is 1. The molecule has 0 aromatic rings. The molecule has 0 aliphatic carbocycles. The lowest BCUT2D eigenvalue weighted by atomic mass is 9.95. The van der Waals surface area contributed by atoms with E-state index in [0.29, 0.717) is 26.3 Å². The topological polar surface area (TPSA) is 38.8 Å². The third-order valence-corrected chi connectivity index (χ3v) is 1.61. The van der Waals surface area contributed by atoms with Gasteiger partial charge in [-0.25, -0.2) is 0 Å². The van der Waals surface area contributed by atoms with Crippen LogP contribution in [-0.2, 0) is 14.1 Å². The molecule has 0 radical (unpaired) electrons. The summed E-state index contributed by atoms with van der Waals surface area (Å²) < 4.78 is 10.4. The lowest BCUT2D eigenvalue weighted by Crippen LogP contribution is -2.36. The summed E-state index contributed by atoms with van der Waals surface area (Å²) >= 11 is 0. The maximum absolute atomic E-state index is 10.3. The van der Waals surface area contributed by atoms with Crippen molar-refractivity contribution in [3.8, 4) is 0 Å². The lowest BCUT2D eigenvalue weighted by molar-refractivity contribution is -0.119. The summed E-state index contributed by atoms with van der Waals surface area (Å²) in [6.45, 7) is 4.30. The minimum absolute atomic E-state index is 0.135. The van der Waals surface area contributed by atoms with Crippen molar-refractivity contribution in [2.45, 2.75) is 6.82 Å². The van der Waals surface area contributed by atoms with Gasteiger partial charge in [-0.1, -0.05) is 0 Å². The highest BCUT2D eigenvalue weighted by molar-refractivity contribution is 6.42. The molecule has 0 aromatic carbocycles. The summed E-state index contributed by atoms with van der Waals surface area (Å²) in [5.41, 5.74) is 0. The zero-order valence-corrected chi connectivity index (χ0v) is 6.66. The first kappa shape index (κ1) is 8.55. The van der Waals surface area contributed by atoms with E-state index in [-0.39, 0.29) is 7.12 Å². The second-order valence-electron chi connectivity index (χ2n) is 2.45. The monoisotopic (exact) mass is 157 g/mol. The maximum atomic E-state index is 10.3. The van der Waals surface area contributed by atoms with Crippen molar-refractivity contribution in [1.29, 1.82) is 0 Å². The molecular weight excluding hydrogens is 145 g/mol. The molecule has 5 heteroatoms. The van der Waals surface area contributed by atoms with Crippen LogP contribution in [0.4, 0.5) is 0 Å². The van der Waals surface area contributed by atoms with Crippen LogP contribution >= 0.6 is 0 Å². The maximum Gasteiger partial charge on any atom is 0.453 e. The minimum atomic E-state index is -0.135. The Morgan fingerprint density at radius 2 is 1.91 bits per heavy atom. The van der Waals surface area contributed by atoms with E-state index >= 15 is 0 Å². The molecular formula is C6H12BNO3. The highest BCUT2D eigenvalue weighted by atomic mass is 16.6. The van der Waals surface area contributed by atoms with Gasteiger partial charge in [-0.05, 0) is 6.82 Å². The van der Waals surface area contributed by atoms with Crippen LogP contribution in [-0.4, -0.2) is 44.7 Å². The quantitative estimate of drug-likeness (QED) is 0.384. The summed E-state index contributed by atoms with van der Waals surface area (Å²) in [4.78, 5) is 12.0. The first-order chi connectivity index (χ1) is 5.33. The fourth-order valence-corrected chi connectivity index (χ4v) is 0.937. The van der Waals surface area contributed by atoms with Gasteiger partial charge in [0.1, 0.15) is 0 Å². The Bertz CT molecular complexity index is 123. The van der Waals surface area contributed by atoms with E-state index < -0.39 is 0 Å². The van der Waals surface area contributed by atoms with Crippen molar-refractivity contribution >= 4 is 13.5 Å². The van der Waals surface area contributed by atoms with E-state index in [9.17, 15) is 4.79 Å². The van der Waals surface area contributed by atoms with Gasteiger partial charge in [-0.3, -0.25) is 4.79 Å². The first-order valence-electron chi connectivity index (χ1n) is 3.75. The largest absolute Gasteiger partial charge is 0.453 e. The lowest BCUT2D eigenvalue weighted by Gasteiger charge is -2.22. The molecule has 4 nitrogen and oxygen atoms in total. The standard InChI is InChI=1S/C6H12BNO3/c1-7-10-4-2-8(6-9)3-5-11-7/h6H,2-5H2,1H3. The Hall–Kier alpha value is -0.545. The Balaban J connectivity index is 2.28. The van der Waals surface area contributed by atoms with E-state index in [2.05, 4.69) is 0 Å². The number of rotatable bonds is 1. The van der Waals surface area contributed by atoms with Crippen molar-refractivity contribution in [3.05, 3.63) is 0 Å². The van der Waals surface area contributed by atoms with Gasteiger partial charge in [0, 0.05) is 26.3 Å². The van der Waals surface area contributed by atoms with Gasteiger partial charge in [-0.2, -0.15) is 0 Å². The molecule has 0 atom stereocenters. The SMILES string of the molecule is CB1OCCN(C=O)CCO1. The molecule has 11 heavy (non-hydrogen) atoms. The van der Waals surface area contributed by atoms with Crippen LogP contribution < -0.4 is 0 Å². The van der Waals surface area contributed by atoms with E-state index in [4.69, 9.17) is 9.31 Å². The van der Waals surface area contributed by atoms with Crippen LogP contribution in [0, 0.1) is 0 Å². The first-order valence-corrected chi connectivity index (χ1v) is 3.75. The van der Waals surface area contributed by atoms with Gasteiger partial charge >= 0.3 is 7.12 Å². The van der Waals surface area contributed by atoms with Gasteiger partial charge in [-0.15, -0.1) is 0 Å². The summed E-state index contributed by atoms with van der Waals surface area (Å²) in [7, 11) is -0.135. The minimum Gasteiger partial charge on any atom is -0.409 e. The molecule has 0 bridgehead atoms. The molecule has 1 fully saturated rings. The van der Waals surface area contributed by atoms with Gasteiger partial charge in [0.25, 0.3) is 0 Å². The summed E-state index contributed by atoms with van der Waals surface area (Å²) in [6.07, 6.45) is 0.822. The summed E-state index contributed by atoms with van der Waals surface area (Å²) in [5.74, 6) is 0. The molecule has 0 saturated carbocycles. The van der Waals surface area contributed by atoms with Crippen LogP contribution in [0.2, 0.25) is 6.82 Å². The van der Waals surface area contributed by atoms with Crippen LogP contribution in [0.3, 0.4) is 0 Å². The highest BCUT2D eigenvalue weighted by Crippen LogP contribution is 1.95. The molecule has 1 aliphatic heterocycles. The van der Waals surface area contributed by atoms with Crippen molar-refractivity contribution < 1.29 is 14.1 Å². The fourth-order valence-electron chi connectivity index (χ4n) is 0.937. The van der Waals surface area contributed by atoms with E-state index in [1.54, 1.807) is 4.90 Å². The van der Waals surface area contributed by atoms with E-state index in [1.165, 1.54) is 0 Å². The number of carbonyl (C=O) groups is 1. The molecule has 0 N–H and O–H groups in total. The third kappa shape index (κ3) is 2.90. The second-order valence-corrected chi connectivity index (χ2v) is 2.45. The van der Waals surface area contributed by atoms with Crippen LogP contribution in [0.1, 0.15) is 0 Å². The van der Waals surface area contributed by atoms with Gasteiger partial charge in [0.2, 0.25) is 6.41 Å². The predicted octanol–water partition coefficient (Wildman–Crippen LogP) is -0.390. The Labute approximate surface area is 66.6 Å². The normalized spacial score (nSPS) is 20.8. The Morgan fingerprint density at radius 1 is 1.36 bits per heavy atom. The summed E-state index contributed by atoms with van der Waals surface area (Å²) in [5, 5.41) is 0. The number of nitrogens with zero attached hydrogens (tertiary/aromatic N) is 1. The number of carbonyl (C=O) groups excluding carboxylic acids is 1. The van der Waals surface area contributed by atoms with Crippen molar-refractivity contribution in [1.82, 2.24) is 4.90 Å². The van der Waals surface area contributed by atoms with Crippen molar-refractivity contribution in [2.75, 3.05) is 26.3 Å². The molecule has 0 unspecified atom stereocenters. The van der Waals surface area contributed by atoms with Crippen LogP contribution in [0.25, 0.3) is 0 Å². The molecule has 1 aliphatic rings. The Kier molecular flexibility index (Phi) is 3.39. The van der Waals surface area contributed by atoms with Crippen LogP contribution in [0.5, 0.6) is 0 Å². The molecule has 0 aromatic heterocycles. The zero-order chi connectivity index (χ0) is 8.10. The molecule has 0 spiro atoms. The molecule has 1 amide bonds. The third-order valence-electron chi connectivity index (χ3n) is 1.61. The summed E-state index contributed by atoms with van der Waals surface area (Å²) in [6, 6.07) is 0. The van der Waals surface area contributed by atoms with Gasteiger partial charge < -0.3 is 14.2 Å². The fraction of sp³-hybridized carbons (Fsp3) is 0.833. The van der Waals surface area contributed by atoms with Gasteiger partial charge in [0.05, 0.1) is 0 Å². The molecule has 1 heterocycles. The van der Waals surface area contributed by atoms with Crippen molar-refractivity contribution in [2.24, 2.45) is 0 Å². The van der Waals surface area contributed by atoms with Gasteiger partial charge in [0.15, 0.2) is 0 Å². The Morgan fingerprint density at radius 3 is 2.36 bits per heavy atom. The van der Waals surface area contributed by atoms with E-state index in [0.717, 1.165) is 6.41 Å². The van der Waals surface area contributed by atoms with Crippen molar-refractivity contribution in [3.63, 3.8) is 0 Å². The molecule has 1 rings (SSSR count). The molecule has 1 saturated heterocycles. The highest BCUT2D eigenvalue weighted by Gasteiger charge is 2.14. The molecule has 62 valence electrons. The average Bonchev–Trinajstić information content (AvgIpc) is 1.96. The predicted molar refractivity (Wildman–Crippen MR) is 41.2 cm³/mol. The van der Waals surface area contributed by atoms with Crippen LogP contribution in [0.15, 0.2) is 0 Å². The number of hydrogen-bond acceptors (Lipinski definition) is 3.